The number of hydrogen-bond acceptors (Lipinski definition) is 4. The van der Waals surface area contributed by atoms with Crippen molar-refractivity contribution in [3.63, 3.8) is 0 Å². The van der Waals surface area contributed by atoms with Crippen molar-refractivity contribution in [2.24, 2.45) is 0 Å². The van der Waals surface area contributed by atoms with E-state index in [2.05, 4.69) is 31.1 Å². The van der Waals surface area contributed by atoms with Crippen LogP contribution in [0.1, 0.15) is 37.6 Å². The second-order valence-electron chi connectivity index (χ2n) is 6.77. The van der Waals surface area contributed by atoms with Crippen LogP contribution in [0.15, 0.2) is 18.3 Å². The molecule has 0 saturated carbocycles. The highest BCUT2D eigenvalue weighted by atomic mass is 16.2. The zero-order chi connectivity index (χ0) is 16.3. The molecule has 1 saturated heterocycles. The molecule has 6 nitrogen and oxygen atoms in total. The van der Waals surface area contributed by atoms with Gasteiger partial charge in [0.1, 0.15) is 5.82 Å². The van der Waals surface area contributed by atoms with Gasteiger partial charge in [-0.2, -0.15) is 0 Å². The molecule has 22 heavy (non-hydrogen) atoms. The van der Waals surface area contributed by atoms with Crippen molar-refractivity contribution in [2.75, 3.05) is 25.5 Å². The summed E-state index contributed by atoms with van der Waals surface area (Å²) in [6.45, 7) is 7.42. The van der Waals surface area contributed by atoms with Crippen molar-refractivity contribution in [3.05, 3.63) is 23.9 Å². The summed E-state index contributed by atoms with van der Waals surface area (Å²) in [6.07, 6.45) is 3.23. The van der Waals surface area contributed by atoms with Crippen molar-refractivity contribution >= 4 is 18.1 Å². The SMILES string of the molecule is CN(C=O)[C@H]1CCN(C(=O)c2ccc(NC(C)(C)C)nc2)C1. The van der Waals surface area contributed by atoms with E-state index in [0.717, 1.165) is 18.6 Å². The highest BCUT2D eigenvalue weighted by molar-refractivity contribution is 5.94. The Morgan fingerprint density at radius 2 is 2.18 bits per heavy atom. The lowest BCUT2D eigenvalue weighted by Gasteiger charge is -2.22. The highest BCUT2D eigenvalue weighted by Crippen LogP contribution is 2.18. The molecule has 1 aliphatic heterocycles. The Kier molecular flexibility index (Phi) is 4.68. The predicted octanol–water partition coefficient (Wildman–Crippen LogP) is 1.59. The van der Waals surface area contributed by atoms with Crippen LogP contribution in [0.3, 0.4) is 0 Å². The summed E-state index contributed by atoms with van der Waals surface area (Å²) in [5, 5.41) is 3.26. The molecule has 1 aromatic rings. The van der Waals surface area contributed by atoms with E-state index in [4.69, 9.17) is 0 Å². The van der Waals surface area contributed by atoms with Gasteiger partial charge < -0.3 is 15.1 Å². The first-order valence-corrected chi connectivity index (χ1v) is 7.51. The number of likely N-dealkylation sites (N-methyl/N-ethyl adjacent to an activating group) is 1. The van der Waals surface area contributed by atoms with Crippen LogP contribution in [0.4, 0.5) is 5.82 Å². The second-order valence-corrected chi connectivity index (χ2v) is 6.77. The number of nitrogens with zero attached hydrogens (tertiary/aromatic N) is 3. The Morgan fingerprint density at radius 1 is 1.45 bits per heavy atom. The highest BCUT2D eigenvalue weighted by Gasteiger charge is 2.29. The van der Waals surface area contributed by atoms with Gasteiger partial charge in [0.2, 0.25) is 6.41 Å². The molecular weight excluding hydrogens is 280 g/mol. The molecule has 1 fully saturated rings. The van der Waals surface area contributed by atoms with Crippen LogP contribution in [0.25, 0.3) is 0 Å². The summed E-state index contributed by atoms with van der Waals surface area (Å²) >= 11 is 0. The molecule has 0 bridgehead atoms. The van der Waals surface area contributed by atoms with Crippen LogP contribution < -0.4 is 5.32 Å². The summed E-state index contributed by atoms with van der Waals surface area (Å²) in [6, 6.07) is 3.72. The van der Waals surface area contributed by atoms with E-state index in [1.54, 1.807) is 29.1 Å². The van der Waals surface area contributed by atoms with E-state index in [-0.39, 0.29) is 17.5 Å². The van der Waals surface area contributed by atoms with Gasteiger partial charge >= 0.3 is 0 Å². The van der Waals surface area contributed by atoms with Gasteiger partial charge in [-0.15, -0.1) is 0 Å². The molecule has 1 aliphatic rings. The number of hydrogen-bond donors (Lipinski definition) is 1. The van der Waals surface area contributed by atoms with E-state index in [1.807, 2.05) is 6.07 Å². The maximum absolute atomic E-state index is 12.5. The van der Waals surface area contributed by atoms with Crippen LogP contribution in [0.5, 0.6) is 0 Å². The van der Waals surface area contributed by atoms with E-state index in [0.29, 0.717) is 18.7 Å². The maximum Gasteiger partial charge on any atom is 0.255 e. The number of nitrogens with one attached hydrogen (secondary N) is 1. The minimum Gasteiger partial charge on any atom is -0.365 e. The standard InChI is InChI=1S/C16H24N4O2/c1-16(2,3)18-14-6-5-12(9-17-14)15(22)20-8-7-13(10-20)19(4)11-21/h5-6,9,11,13H,7-8,10H2,1-4H3,(H,17,18)/t13-/m0/s1. The fourth-order valence-corrected chi connectivity index (χ4v) is 2.51. The monoisotopic (exact) mass is 304 g/mol. The van der Waals surface area contributed by atoms with Gasteiger partial charge in [0.25, 0.3) is 5.91 Å². The molecule has 2 rings (SSSR count). The molecule has 6 heteroatoms. The van der Waals surface area contributed by atoms with Crippen LogP contribution in [0, 0.1) is 0 Å². The lowest BCUT2D eigenvalue weighted by Crippen LogP contribution is -2.35. The Hall–Kier alpha value is -2.11. The van der Waals surface area contributed by atoms with Gasteiger partial charge in [0.05, 0.1) is 11.6 Å². The summed E-state index contributed by atoms with van der Waals surface area (Å²) in [5.74, 6) is 0.723. The Bertz CT molecular complexity index is 536. The Morgan fingerprint density at radius 3 is 2.73 bits per heavy atom. The minimum atomic E-state index is -0.0693. The number of carbonyl (C=O) groups excluding carboxylic acids is 2. The molecule has 0 unspecified atom stereocenters. The first-order valence-electron chi connectivity index (χ1n) is 7.51. The third-order valence-electron chi connectivity index (χ3n) is 3.71. The van der Waals surface area contributed by atoms with E-state index in [9.17, 15) is 9.59 Å². The molecule has 120 valence electrons. The van der Waals surface area contributed by atoms with Crippen molar-refractivity contribution < 1.29 is 9.59 Å². The van der Waals surface area contributed by atoms with Crippen LogP contribution >= 0.6 is 0 Å². The van der Waals surface area contributed by atoms with E-state index >= 15 is 0 Å². The predicted molar refractivity (Wildman–Crippen MR) is 85.7 cm³/mol. The fourth-order valence-electron chi connectivity index (χ4n) is 2.51. The Balaban J connectivity index is 2.00. The van der Waals surface area contributed by atoms with Gasteiger partial charge in [-0.3, -0.25) is 9.59 Å². The molecular formula is C16H24N4O2. The lowest BCUT2D eigenvalue weighted by molar-refractivity contribution is -0.118. The zero-order valence-corrected chi connectivity index (χ0v) is 13.7. The summed E-state index contributed by atoms with van der Waals surface area (Å²) in [7, 11) is 1.75. The van der Waals surface area contributed by atoms with Crippen LogP contribution in [-0.2, 0) is 4.79 Å². The number of likely N-dealkylation sites (tertiary alicyclic amines) is 1. The van der Waals surface area contributed by atoms with E-state index in [1.165, 1.54) is 0 Å². The van der Waals surface area contributed by atoms with Gasteiger partial charge in [-0.25, -0.2) is 4.98 Å². The quantitative estimate of drug-likeness (QED) is 0.858. The topological polar surface area (TPSA) is 65.5 Å². The number of rotatable bonds is 4. The van der Waals surface area contributed by atoms with Crippen molar-refractivity contribution in [1.82, 2.24) is 14.8 Å². The first-order chi connectivity index (χ1) is 10.3. The van der Waals surface area contributed by atoms with Gasteiger partial charge in [-0.1, -0.05) is 0 Å². The molecule has 0 aliphatic carbocycles. The maximum atomic E-state index is 12.5. The van der Waals surface area contributed by atoms with Crippen molar-refractivity contribution in [2.45, 2.75) is 38.8 Å². The molecule has 1 N–H and O–H groups in total. The molecule has 0 aromatic carbocycles. The molecule has 1 atom stereocenters. The number of carbonyl (C=O) groups is 2. The van der Waals surface area contributed by atoms with Gasteiger partial charge in [0.15, 0.2) is 0 Å². The second kappa shape index (κ2) is 6.34. The smallest absolute Gasteiger partial charge is 0.255 e. The molecule has 0 spiro atoms. The molecule has 2 amide bonds. The normalized spacial score (nSPS) is 18.2. The zero-order valence-electron chi connectivity index (χ0n) is 13.7. The average Bonchev–Trinajstić information content (AvgIpc) is 2.94. The molecule has 1 aromatic heterocycles. The largest absolute Gasteiger partial charge is 0.365 e. The number of aromatic nitrogens is 1. The van der Waals surface area contributed by atoms with Crippen molar-refractivity contribution in [1.29, 1.82) is 0 Å². The first kappa shape index (κ1) is 16.3. The lowest BCUT2D eigenvalue weighted by atomic mass is 10.1. The molecule has 0 radical (unpaired) electrons. The third-order valence-corrected chi connectivity index (χ3v) is 3.71. The number of pyridine rings is 1. The fraction of sp³-hybridized carbons (Fsp3) is 0.562. The third kappa shape index (κ3) is 3.96. The van der Waals surface area contributed by atoms with Gasteiger partial charge in [0, 0.05) is 31.9 Å². The number of amides is 2. The van der Waals surface area contributed by atoms with Crippen molar-refractivity contribution in [3.8, 4) is 0 Å². The average molecular weight is 304 g/mol. The van der Waals surface area contributed by atoms with Crippen LogP contribution in [-0.4, -0.2) is 58.8 Å². The summed E-state index contributed by atoms with van der Waals surface area (Å²) in [5.41, 5.74) is 0.508. The molecule has 2 heterocycles. The summed E-state index contributed by atoms with van der Waals surface area (Å²) in [4.78, 5) is 31.0. The Labute approximate surface area is 131 Å². The number of anilines is 1. The van der Waals surface area contributed by atoms with Gasteiger partial charge in [-0.05, 0) is 39.3 Å². The van der Waals surface area contributed by atoms with E-state index < -0.39 is 0 Å². The summed E-state index contributed by atoms with van der Waals surface area (Å²) < 4.78 is 0. The van der Waals surface area contributed by atoms with Crippen LogP contribution in [0.2, 0.25) is 0 Å². The minimum absolute atomic E-state index is 0.0309.